The van der Waals surface area contributed by atoms with Crippen LogP contribution in [0.2, 0.25) is 10.0 Å². The van der Waals surface area contributed by atoms with E-state index in [2.05, 4.69) is 10.4 Å². The molecule has 3 aromatic rings. The van der Waals surface area contributed by atoms with Gasteiger partial charge in [-0.15, -0.1) is 0 Å². The van der Waals surface area contributed by atoms with Crippen LogP contribution in [0.4, 0.5) is 5.69 Å². The zero-order chi connectivity index (χ0) is 17.3. The molecule has 3 rings (SSSR count). The molecule has 0 saturated heterocycles. The fourth-order valence-electron chi connectivity index (χ4n) is 2.37. The number of rotatable bonds is 3. The van der Waals surface area contributed by atoms with Gasteiger partial charge in [0, 0.05) is 16.3 Å². The smallest absolute Gasteiger partial charge is 0.255 e. The van der Waals surface area contributed by atoms with Crippen LogP contribution in [0.15, 0.2) is 48.5 Å². The molecule has 0 atom stereocenters. The molecular formula is C18H15Cl2N3O. The van der Waals surface area contributed by atoms with Crippen LogP contribution in [0.3, 0.4) is 0 Å². The number of nitrogens with one attached hydrogen (secondary N) is 1. The number of hydrogen-bond donors (Lipinski definition) is 1. The summed E-state index contributed by atoms with van der Waals surface area (Å²) in [5.74, 6) is -0.187. The summed E-state index contributed by atoms with van der Waals surface area (Å²) in [5.41, 5.74) is 3.80. The van der Waals surface area contributed by atoms with Crippen molar-refractivity contribution in [3.8, 4) is 5.69 Å². The summed E-state index contributed by atoms with van der Waals surface area (Å²) in [4.78, 5) is 12.2. The van der Waals surface area contributed by atoms with Crippen LogP contribution in [0, 0.1) is 13.8 Å². The molecular weight excluding hydrogens is 345 g/mol. The van der Waals surface area contributed by atoms with Crippen LogP contribution in [0.25, 0.3) is 5.69 Å². The van der Waals surface area contributed by atoms with Crippen LogP contribution in [-0.2, 0) is 0 Å². The van der Waals surface area contributed by atoms with Crippen LogP contribution < -0.4 is 5.32 Å². The molecule has 0 spiro atoms. The monoisotopic (exact) mass is 359 g/mol. The third-order valence-electron chi connectivity index (χ3n) is 3.68. The van der Waals surface area contributed by atoms with E-state index in [1.807, 2.05) is 38.1 Å². The number of amides is 1. The maximum absolute atomic E-state index is 12.2. The molecule has 122 valence electrons. The topological polar surface area (TPSA) is 46.9 Å². The molecule has 1 N–H and O–H groups in total. The molecule has 2 aromatic carbocycles. The number of benzene rings is 2. The Morgan fingerprint density at radius 2 is 1.62 bits per heavy atom. The zero-order valence-electron chi connectivity index (χ0n) is 13.2. The maximum atomic E-state index is 12.2. The zero-order valence-corrected chi connectivity index (χ0v) is 14.7. The van der Waals surface area contributed by atoms with Gasteiger partial charge >= 0.3 is 0 Å². The third kappa shape index (κ3) is 3.30. The van der Waals surface area contributed by atoms with Gasteiger partial charge in [0.15, 0.2) is 0 Å². The number of anilines is 1. The normalized spacial score (nSPS) is 10.7. The van der Waals surface area contributed by atoms with Gasteiger partial charge in [0.2, 0.25) is 0 Å². The SMILES string of the molecule is Cc1nn(-c2ccc(NC(=O)c3ccc(Cl)cc3)cc2)c(C)c1Cl. The Bertz CT molecular complexity index is 884. The van der Waals surface area contributed by atoms with Crippen molar-refractivity contribution in [2.24, 2.45) is 0 Å². The van der Waals surface area contributed by atoms with Crippen LogP contribution in [0.5, 0.6) is 0 Å². The van der Waals surface area contributed by atoms with Crippen molar-refractivity contribution in [3.05, 3.63) is 75.5 Å². The van der Waals surface area contributed by atoms with Gasteiger partial charge < -0.3 is 5.32 Å². The minimum Gasteiger partial charge on any atom is -0.322 e. The molecule has 4 nitrogen and oxygen atoms in total. The van der Waals surface area contributed by atoms with Gasteiger partial charge in [-0.05, 0) is 62.4 Å². The van der Waals surface area contributed by atoms with Crippen molar-refractivity contribution in [1.82, 2.24) is 9.78 Å². The average molecular weight is 360 g/mol. The largest absolute Gasteiger partial charge is 0.322 e. The predicted octanol–water partition coefficient (Wildman–Crippen LogP) is 5.05. The number of aromatic nitrogens is 2. The molecule has 0 bridgehead atoms. The third-order valence-corrected chi connectivity index (χ3v) is 4.48. The lowest BCUT2D eigenvalue weighted by molar-refractivity contribution is 0.102. The first-order valence-corrected chi connectivity index (χ1v) is 8.10. The summed E-state index contributed by atoms with van der Waals surface area (Å²) < 4.78 is 1.78. The van der Waals surface area contributed by atoms with Crippen molar-refractivity contribution < 1.29 is 4.79 Å². The van der Waals surface area contributed by atoms with Gasteiger partial charge in [0.25, 0.3) is 5.91 Å². The molecule has 0 fully saturated rings. The lowest BCUT2D eigenvalue weighted by atomic mass is 10.2. The Morgan fingerprint density at radius 3 is 2.17 bits per heavy atom. The lowest BCUT2D eigenvalue weighted by Gasteiger charge is -2.08. The number of carbonyl (C=O) groups excluding carboxylic acids is 1. The average Bonchev–Trinajstić information content (AvgIpc) is 2.84. The summed E-state index contributed by atoms with van der Waals surface area (Å²) in [6.45, 7) is 3.78. The van der Waals surface area contributed by atoms with Crippen molar-refractivity contribution in [3.63, 3.8) is 0 Å². The van der Waals surface area contributed by atoms with E-state index in [-0.39, 0.29) is 5.91 Å². The Morgan fingerprint density at radius 1 is 1.00 bits per heavy atom. The highest BCUT2D eigenvalue weighted by Crippen LogP contribution is 2.23. The van der Waals surface area contributed by atoms with Crippen molar-refractivity contribution in [2.45, 2.75) is 13.8 Å². The summed E-state index contributed by atoms with van der Waals surface area (Å²) in [6.07, 6.45) is 0. The Balaban J connectivity index is 1.78. The lowest BCUT2D eigenvalue weighted by Crippen LogP contribution is -2.11. The number of halogens is 2. The molecule has 0 aliphatic heterocycles. The predicted molar refractivity (Wildman–Crippen MR) is 97.5 cm³/mol. The summed E-state index contributed by atoms with van der Waals surface area (Å²) >= 11 is 12.0. The van der Waals surface area contributed by atoms with E-state index in [4.69, 9.17) is 23.2 Å². The van der Waals surface area contributed by atoms with Crippen LogP contribution in [-0.4, -0.2) is 15.7 Å². The van der Waals surface area contributed by atoms with E-state index in [1.54, 1.807) is 28.9 Å². The molecule has 1 amide bonds. The molecule has 24 heavy (non-hydrogen) atoms. The fourth-order valence-corrected chi connectivity index (χ4v) is 2.61. The van der Waals surface area contributed by atoms with E-state index in [0.29, 0.717) is 21.3 Å². The molecule has 0 aliphatic carbocycles. The minimum absolute atomic E-state index is 0.187. The maximum Gasteiger partial charge on any atom is 0.255 e. The van der Waals surface area contributed by atoms with Gasteiger partial charge in [0.1, 0.15) is 0 Å². The highest BCUT2D eigenvalue weighted by molar-refractivity contribution is 6.31. The standard InChI is InChI=1S/C18H15Cl2N3O/c1-11-17(20)12(2)23(22-11)16-9-7-15(8-10-16)21-18(24)13-3-5-14(19)6-4-13/h3-10H,1-2H3,(H,21,24). The minimum atomic E-state index is -0.187. The van der Waals surface area contributed by atoms with Gasteiger partial charge in [-0.25, -0.2) is 4.68 Å². The Kier molecular flexibility index (Phi) is 4.60. The number of hydrogen-bond acceptors (Lipinski definition) is 2. The first-order valence-electron chi connectivity index (χ1n) is 7.35. The number of nitrogens with zero attached hydrogens (tertiary/aromatic N) is 2. The molecule has 1 heterocycles. The number of aryl methyl sites for hydroxylation is 1. The summed E-state index contributed by atoms with van der Waals surface area (Å²) in [5, 5.41) is 8.52. The molecule has 0 radical (unpaired) electrons. The van der Waals surface area contributed by atoms with Crippen LogP contribution in [0.1, 0.15) is 21.7 Å². The van der Waals surface area contributed by atoms with E-state index >= 15 is 0 Å². The molecule has 0 unspecified atom stereocenters. The van der Waals surface area contributed by atoms with Crippen LogP contribution >= 0.6 is 23.2 Å². The number of carbonyl (C=O) groups is 1. The summed E-state index contributed by atoms with van der Waals surface area (Å²) in [7, 11) is 0. The first kappa shape index (κ1) is 16.6. The van der Waals surface area contributed by atoms with Crippen molar-refractivity contribution in [2.75, 3.05) is 5.32 Å². The van der Waals surface area contributed by atoms with Crippen molar-refractivity contribution in [1.29, 1.82) is 0 Å². The molecule has 6 heteroatoms. The van der Waals surface area contributed by atoms with Crippen molar-refractivity contribution >= 4 is 34.8 Å². The fraction of sp³-hybridized carbons (Fsp3) is 0.111. The molecule has 0 aliphatic rings. The highest BCUT2D eigenvalue weighted by Gasteiger charge is 2.11. The molecule has 0 saturated carbocycles. The van der Waals surface area contributed by atoms with E-state index < -0.39 is 0 Å². The van der Waals surface area contributed by atoms with Gasteiger partial charge in [0.05, 0.1) is 22.1 Å². The molecule has 1 aromatic heterocycles. The van der Waals surface area contributed by atoms with E-state index in [1.165, 1.54) is 0 Å². The quantitative estimate of drug-likeness (QED) is 0.711. The second kappa shape index (κ2) is 6.67. The van der Waals surface area contributed by atoms with E-state index in [9.17, 15) is 4.79 Å². The summed E-state index contributed by atoms with van der Waals surface area (Å²) in [6, 6.07) is 14.2. The van der Waals surface area contributed by atoms with Gasteiger partial charge in [-0.2, -0.15) is 5.10 Å². The Hall–Kier alpha value is -2.30. The highest BCUT2D eigenvalue weighted by atomic mass is 35.5. The van der Waals surface area contributed by atoms with E-state index in [0.717, 1.165) is 17.1 Å². The van der Waals surface area contributed by atoms with Gasteiger partial charge in [-0.1, -0.05) is 23.2 Å². The second-order valence-electron chi connectivity index (χ2n) is 5.40. The second-order valence-corrected chi connectivity index (χ2v) is 6.22. The Labute approximate surface area is 150 Å². The van der Waals surface area contributed by atoms with Gasteiger partial charge in [-0.3, -0.25) is 4.79 Å². The first-order chi connectivity index (χ1) is 11.5.